The molecule has 6 heteroatoms. The van der Waals surface area contributed by atoms with Gasteiger partial charge in [0.1, 0.15) is 0 Å². The van der Waals surface area contributed by atoms with Crippen LogP contribution < -0.4 is 5.32 Å². The number of nitrogens with one attached hydrogen (secondary N) is 1. The van der Waals surface area contributed by atoms with Crippen molar-refractivity contribution in [3.8, 4) is 0 Å². The van der Waals surface area contributed by atoms with E-state index in [1.54, 1.807) is 30.6 Å². The third-order valence-corrected chi connectivity index (χ3v) is 5.19. The molecule has 1 aromatic heterocycles. The summed E-state index contributed by atoms with van der Waals surface area (Å²) in [6, 6.07) is 10.9. The SMILES string of the molecule is O=C(NCC1CCN(C(=O)c2ccncc2)CC1)c1ccccc1Br. The number of hydrogen-bond acceptors (Lipinski definition) is 3. The average molecular weight is 402 g/mol. The molecule has 0 atom stereocenters. The van der Waals surface area contributed by atoms with E-state index in [1.807, 2.05) is 23.1 Å². The minimum atomic E-state index is -0.0669. The fraction of sp³-hybridized carbons (Fsp3) is 0.316. The van der Waals surface area contributed by atoms with E-state index in [1.165, 1.54) is 0 Å². The van der Waals surface area contributed by atoms with Gasteiger partial charge in [0.05, 0.1) is 5.56 Å². The minimum Gasteiger partial charge on any atom is -0.352 e. The molecule has 25 heavy (non-hydrogen) atoms. The van der Waals surface area contributed by atoms with Crippen molar-refractivity contribution in [3.63, 3.8) is 0 Å². The Labute approximate surface area is 155 Å². The summed E-state index contributed by atoms with van der Waals surface area (Å²) in [5, 5.41) is 3.00. The van der Waals surface area contributed by atoms with Crippen molar-refractivity contribution in [1.29, 1.82) is 0 Å². The monoisotopic (exact) mass is 401 g/mol. The van der Waals surface area contributed by atoms with Crippen LogP contribution >= 0.6 is 15.9 Å². The van der Waals surface area contributed by atoms with Crippen LogP contribution in [0.2, 0.25) is 0 Å². The van der Waals surface area contributed by atoms with Gasteiger partial charge in [0.2, 0.25) is 0 Å². The van der Waals surface area contributed by atoms with Crippen LogP contribution in [0.25, 0.3) is 0 Å². The standard InChI is InChI=1S/C19H20BrN3O2/c20-17-4-2-1-3-16(17)18(24)22-13-14-7-11-23(12-8-14)19(25)15-5-9-21-10-6-15/h1-6,9-10,14H,7-8,11-13H2,(H,22,24). The van der Waals surface area contributed by atoms with Crippen molar-refractivity contribution in [2.75, 3.05) is 19.6 Å². The Balaban J connectivity index is 1.47. The molecule has 1 fully saturated rings. The number of carbonyl (C=O) groups excluding carboxylic acids is 2. The van der Waals surface area contributed by atoms with Crippen LogP contribution in [0.5, 0.6) is 0 Å². The van der Waals surface area contributed by atoms with Gasteiger partial charge in [0, 0.05) is 42.1 Å². The number of piperidine rings is 1. The van der Waals surface area contributed by atoms with Crippen molar-refractivity contribution in [2.24, 2.45) is 5.92 Å². The van der Waals surface area contributed by atoms with E-state index in [0.29, 0.717) is 23.6 Å². The first-order chi connectivity index (χ1) is 12.1. The van der Waals surface area contributed by atoms with Gasteiger partial charge in [-0.2, -0.15) is 0 Å². The number of pyridine rings is 1. The van der Waals surface area contributed by atoms with Crippen molar-refractivity contribution in [2.45, 2.75) is 12.8 Å². The molecule has 2 amide bonds. The number of carbonyl (C=O) groups is 2. The number of likely N-dealkylation sites (tertiary alicyclic amines) is 1. The minimum absolute atomic E-state index is 0.0538. The molecule has 1 aromatic carbocycles. The van der Waals surface area contributed by atoms with E-state index in [9.17, 15) is 9.59 Å². The molecular weight excluding hydrogens is 382 g/mol. The van der Waals surface area contributed by atoms with Crippen molar-refractivity contribution in [1.82, 2.24) is 15.2 Å². The zero-order chi connectivity index (χ0) is 17.6. The molecular formula is C19H20BrN3O2. The van der Waals surface area contributed by atoms with Gasteiger partial charge in [0.15, 0.2) is 0 Å². The Morgan fingerprint density at radius 2 is 1.80 bits per heavy atom. The Bertz CT molecular complexity index is 743. The second kappa shape index (κ2) is 8.25. The highest BCUT2D eigenvalue weighted by Gasteiger charge is 2.24. The molecule has 3 rings (SSSR count). The third kappa shape index (κ3) is 4.45. The largest absolute Gasteiger partial charge is 0.352 e. The molecule has 0 radical (unpaired) electrons. The summed E-state index contributed by atoms with van der Waals surface area (Å²) in [4.78, 5) is 30.5. The van der Waals surface area contributed by atoms with E-state index in [-0.39, 0.29) is 11.8 Å². The number of halogens is 1. The molecule has 0 unspecified atom stereocenters. The van der Waals surface area contributed by atoms with Gasteiger partial charge in [-0.3, -0.25) is 14.6 Å². The molecule has 130 valence electrons. The Kier molecular flexibility index (Phi) is 5.81. The van der Waals surface area contributed by atoms with Crippen LogP contribution in [-0.4, -0.2) is 41.3 Å². The van der Waals surface area contributed by atoms with Gasteiger partial charge in [-0.25, -0.2) is 0 Å². The second-order valence-electron chi connectivity index (χ2n) is 6.16. The number of benzene rings is 1. The highest BCUT2D eigenvalue weighted by atomic mass is 79.9. The van der Waals surface area contributed by atoms with Crippen LogP contribution in [0.15, 0.2) is 53.3 Å². The fourth-order valence-corrected chi connectivity index (χ4v) is 3.46. The van der Waals surface area contributed by atoms with Crippen LogP contribution in [0.3, 0.4) is 0 Å². The predicted molar refractivity (Wildman–Crippen MR) is 99.3 cm³/mol. The number of hydrogen-bond donors (Lipinski definition) is 1. The van der Waals surface area contributed by atoms with Crippen LogP contribution in [-0.2, 0) is 0 Å². The summed E-state index contributed by atoms with van der Waals surface area (Å²) in [6.07, 6.45) is 5.06. The van der Waals surface area contributed by atoms with E-state index in [4.69, 9.17) is 0 Å². The van der Waals surface area contributed by atoms with Gasteiger partial charge in [0.25, 0.3) is 11.8 Å². The average Bonchev–Trinajstić information content (AvgIpc) is 2.67. The summed E-state index contributed by atoms with van der Waals surface area (Å²) in [7, 11) is 0. The summed E-state index contributed by atoms with van der Waals surface area (Å²) in [6.45, 7) is 2.07. The zero-order valence-corrected chi connectivity index (χ0v) is 15.4. The highest BCUT2D eigenvalue weighted by molar-refractivity contribution is 9.10. The van der Waals surface area contributed by atoms with Gasteiger partial charge in [-0.05, 0) is 59.0 Å². The Morgan fingerprint density at radius 1 is 1.12 bits per heavy atom. The lowest BCUT2D eigenvalue weighted by atomic mass is 9.96. The molecule has 1 aliphatic rings. The van der Waals surface area contributed by atoms with E-state index in [2.05, 4.69) is 26.2 Å². The molecule has 0 bridgehead atoms. The quantitative estimate of drug-likeness (QED) is 0.855. The topological polar surface area (TPSA) is 62.3 Å². The summed E-state index contributed by atoms with van der Waals surface area (Å²) in [5.74, 6) is 0.383. The lowest BCUT2D eigenvalue weighted by Crippen LogP contribution is -2.41. The van der Waals surface area contributed by atoms with Gasteiger partial charge in [-0.1, -0.05) is 12.1 Å². The van der Waals surface area contributed by atoms with Gasteiger partial charge >= 0.3 is 0 Å². The molecule has 2 aromatic rings. The molecule has 0 saturated carbocycles. The Hall–Kier alpha value is -2.21. The maximum atomic E-state index is 12.4. The lowest BCUT2D eigenvalue weighted by molar-refractivity contribution is 0.0684. The zero-order valence-electron chi connectivity index (χ0n) is 13.8. The molecule has 5 nitrogen and oxygen atoms in total. The molecule has 1 saturated heterocycles. The number of aromatic nitrogens is 1. The van der Waals surface area contributed by atoms with Gasteiger partial charge in [-0.15, -0.1) is 0 Å². The lowest BCUT2D eigenvalue weighted by Gasteiger charge is -2.32. The number of rotatable bonds is 4. The first kappa shape index (κ1) is 17.6. The smallest absolute Gasteiger partial charge is 0.253 e. The normalized spacial score (nSPS) is 15.0. The third-order valence-electron chi connectivity index (χ3n) is 4.50. The first-order valence-corrected chi connectivity index (χ1v) is 9.16. The molecule has 0 aliphatic carbocycles. The molecule has 1 N–H and O–H groups in total. The number of nitrogens with zero attached hydrogens (tertiary/aromatic N) is 2. The number of amides is 2. The molecule has 2 heterocycles. The predicted octanol–water partition coefficient (Wildman–Crippen LogP) is 3.13. The summed E-state index contributed by atoms with van der Waals surface area (Å²) in [5.41, 5.74) is 1.32. The molecule has 0 spiro atoms. The maximum absolute atomic E-state index is 12.4. The van der Waals surface area contributed by atoms with Crippen molar-refractivity contribution >= 4 is 27.7 Å². The highest BCUT2D eigenvalue weighted by Crippen LogP contribution is 2.19. The summed E-state index contributed by atoms with van der Waals surface area (Å²) < 4.78 is 0.797. The second-order valence-corrected chi connectivity index (χ2v) is 7.02. The maximum Gasteiger partial charge on any atom is 0.253 e. The van der Waals surface area contributed by atoms with Crippen LogP contribution in [0.4, 0.5) is 0 Å². The fourth-order valence-electron chi connectivity index (χ4n) is 2.99. The molecule has 1 aliphatic heterocycles. The van der Waals surface area contributed by atoms with Crippen molar-refractivity contribution < 1.29 is 9.59 Å². The van der Waals surface area contributed by atoms with E-state index >= 15 is 0 Å². The van der Waals surface area contributed by atoms with E-state index in [0.717, 1.165) is 30.4 Å². The Morgan fingerprint density at radius 3 is 2.48 bits per heavy atom. The van der Waals surface area contributed by atoms with Crippen LogP contribution in [0, 0.1) is 5.92 Å². The van der Waals surface area contributed by atoms with Crippen molar-refractivity contribution in [3.05, 3.63) is 64.4 Å². The first-order valence-electron chi connectivity index (χ1n) is 8.37. The van der Waals surface area contributed by atoms with E-state index < -0.39 is 0 Å². The van der Waals surface area contributed by atoms with Gasteiger partial charge < -0.3 is 10.2 Å². The van der Waals surface area contributed by atoms with Crippen LogP contribution in [0.1, 0.15) is 33.6 Å². The summed E-state index contributed by atoms with van der Waals surface area (Å²) >= 11 is 3.40.